The first kappa shape index (κ1) is 25.3. The lowest BCUT2D eigenvalue weighted by atomic mass is 9.99. The maximum absolute atomic E-state index is 13.0. The van der Waals surface area contributed by atoms with Gasteiger partial charge in [-0.3, -0.25) is 14.3 Å². The zero-order chi connectivity index (χ0) is 25.2. The molecule has 3 N–H and O–H groups in total. The molecular formula is C25H25ClN2O5S. The van der Waals surface area contributed by atoms with Gasteiger partial charge < -0.3 is 10.4 Å². The Morgan fingerprint density at radius 1 is 0.912 bits per heavy atom. The lowest BCUT2D eigenvalue weighted by molar-refractivity contribution is -0.138. The molecule has 0 spiro atoms. The van der Waals surface area contributed by atoms with Crippen molar-refractivity contribution in [3.63, 3.8) is 0 Å². The summed E-state index contributed by atoms with van der Waals surface area (Å²) in [6, 6.07) is 14.2. The number of hydrogen-bond donors (Lipinski definition) is 3. The molecule has 1 unspecified atom stereocenters. The van der Waals surface area contributed by atoms with Crippen molar-refractivity contribution in [2.24, 2.45) is 0 Å². The molecule has 0 bridgehead atoms. The molecule has 0 aliphatic heterocycles. The van der Waals surface area contributed by atoms with E-state index in [0.717, 1.165) is 11.1 Å². The largest absolute Gasteiger partial charge is 0.480 e. The highest BCUT2D eigenvalue weighted by molar-refractivity contribution is 7.92. The zero-order valence-electron chi connectivity index (χ0n) is 19.1. The van der Waals surface area contributed by atoms with Crippen LogP contribution in [0.4, 0.5) is 5.69 Å². The summed E-state index contributed by atoms with van der Waals surface area (Å²) in [5.41, 5.74) is 4.14. The maximum atomic E-state index is 13.0. The van der Waals surface area contributed by atoms with Gasteiger partial charge in [-0.15, -0.1) is 0 Å². The van der Waals surface area contributed by atoms with Crippen molar-refractivity contribution >= 4 is 39.2 Å². The molecule has 0 heterocycles. The number of rotatable bonds is 7. The number of hydrogen-bond acceptors (Lipinski definition) is 4. The molecule has 0 saturated heterocycles. The van der Waals surface area contributed by atoms with Crippen LogP contribution >= 0.6 is 11.6 Å². The van der Waals surface area contributed by atoms with Gasteiger partial charge in [-0.2, -0.15) is 0 Å². The summed E-state index contributed by atoms with van der Waals surface area (Å²) in [6.45, 7) is 6.58. The van der Waals surface area contributed by atoms with Gasteiger partial charge in [-0.25, -0.2) is 8.42 Å². The van der Waals surface area contributed by atoms with E-state index in [1.807, 2.05) is 6.07 Å². The third-order valence-corrected chi connectivity index (χ3v) is 7.31. The standard InChI is InChI=1S/C25H25ClN2O5S/c1-14-10-19(8-9-21(14)24(29)27-17(4)25(30)31)18-6-5-7-20(13-18)28-34(32,33)23-12-15(2)22(26)11-16(23)3/h5-13,17,28H,1-4H3,(H,27,29)(H,30,31). The summed E-state index contributed by atoms with van der Waals surface area (Å²) >= 11 is 6.10. The molecule has 9 heteroatoms. The van der Waals surface area contributed by atoms with Crippen LogP contribution in [0.3, 0.4) is 0 Å². The minimum Gasteiger partial charge on any atom is -0.480 e. The summed E-state index contributed by atoms with van der Waals surface area (Å²) in [7, 11) is -3.84. The number of benzene rings is 3. The fraction of sp³-hybridized carbons (Fsp3) is 0.200. The number of sulfonamides is 1. The number of carbonyl (C=O) groups excluding carboxylic acids is 1. The molecule has 3 rings (SSSR count). The minimum atomic E-state index is -3.84. The second kappa shape index (κ2) is 9.87. The Hall–Kier alpha value is -3.36. The molecule has 178 valence electrons. The molecule has 1 atom stereocenters. The number of aryl methyl sites for hydroxylation is 3. The van der Waals surface area contributed by atoms with Crippen molar-refractivity contribution < 1.29 is 23.1 Å². The van der Waals surface area contributed by atoms with E-state index in [1.165, 1.54) is 6.92 Å². The molecule has 1 amide bonds. The highest BCUT2D eigenvalue weighted by Crippen LogP contribution is 2.28. The van der Waals surface area contributed by atoms with Gasteiger partial charge in [0.05, 0.1) is 4.90 Å². The Kier molecular flexibility index (Phi) is 7.33. The normalized spacial score (nSPS) is 12.1. The second-order valence-corrected chi connectivity index (χ2v) is 10.2. The zero-order valence-corrected chi connectivity index (χ0v) is 20.7. The van der Waals surface area contributed by atoms with Gasteiger partial charge in [-0.05, 0) is 85.8 Å². The topological polar surface area (TPSA) is 113 Å². The second-order valence-electron chi connectivity index (χ2n) is 8.12. The van der Waals surface area contributed by atoms with E-state index in [9.17, 15) is 18.0 Å². The highest BCUT2D eigenvalue weighted by atomic mass is 35.5. The van der Waals surface area contributed by atoms with Gasteiger partial charge in [0.15, 0.2) is 0 Å². The number of anilines is 1. The SMILES string of the molecule is Cc1cc(S(=O)(=O)Nc2cccc(-c3ccc(C(=O)NC(C)C(=O)O)c(C)c3)c2)c(C)cc1Cl. The summed E-state index contributed by atoms with van der Waals surface area (Å²) in [4.78, 5) is 23.5. The van der Waals surface area contributed by atoms with Crippen molar-refractivity contribution in [3.05, 3.63) is 81.9 Å². The summed E-state index contributed by atoms with van der Waals surface area (Å²) < 4.78 is 28.6. The van der Waals surface area contributed by atoms with Crippen LogP contribution in [0.5, 0.6) is 0 Å². The predicted octanol–water partition coefficient (Wildman–Crippen LogP) is 4.94. The average molecular weight is 501 g/mol. The Morgan fingerprint density at radius 3 is 2.24 bits per heavy atom. The Morgan fingerprint density at radius 2 is 1.59 bits per heavy atom. The van der Waals surface area contributed by atoms with Gasteiger partial charge in [0.2, 0.25) is 0 Å². The van der Waals surface area contributed by atoms with Crippen molar-refractivity contribution in [2.75, 3.05) is 4.72 Å². The van der Waals surface area contributed by atoms with Crippen molar-refractivity contribution in [3.8, 4) is 11.1 Å². The van der Waals surface area contributed by atoms with E-state index in [0.29, 0.717) is 33.0 Å². The van der Waals surface area contributed by atoms with Crippen LogP contribution in [0.1, 0.15) is 34.0 Å². The lowest BCUT2D eigenvalue weighted by Crippen LogP contribution is -2.38. The van der Waals surface area contributed by atoms with E-state index in [1.54, 1.807) is 69.3 Å². The molecule has 0 radical (unpaired) electrons. The van der Waals surface area contributed by atoms with Crippen LogP contribution in [-0.2, 0) is 14.8 Å². The van der Waals surface area contributed by atoms with Crippen LogP contribution in [0.25, 0.3) is 11.1 Å². The van der Waals surface area contributed by atoms with Crippen LogP contribution < -0.4 is 10.0 Å². The average Bonchev–Trinajstić information content (AvgIpc) is 2.75. The molecule has 0 fully saturated rings. The first-order valence-electron chi connectivity index (χ1n) is 10.4. The van der Waals surface area contributed by atoms with Crippen LogP contribution in [0.2, 0.25) is 5.02 Å². The molecule has 0 saturated carbocycles. The van der Waals surface area contributed by atoms with Gasteiger partial charge in [0.1, 0.15) is 6.04 Å². The van der Waals surface area contributed by atoms with Crippen LogP contribution in [0, 0.1) is 20.8 Å². The van der Waals surface area contributed by atoms with Gasteiger partial charge in [0.25, 0.3) is 15.9 Å². The van der Waals surface area contributed by atoms with E-state index in [4.69, 9.17) is 16.7 Å². The Bertz CT molecular complexity index is 1390. The van der Waals surface area contributed by atoms with Gasteiger partial charge in [0, 0.05) is 16.3 Å². The lowest BCUT2D eigenvalue weighted by Gasteiger charge is -2.14. The molecule has 0 aliphatic rings. The number of carbonyl (C=O) groups is 2. The van der Waals surface area contributed by atoms with Crippen molar-refractivity contribution in [1.82, 2.24) is 5.32 Å². The highest BCUT2D eigenvalue weighted by Gasteiger charge is 2.19. The van der Waals surface area contributed by atoms with Gasteiger partial charge in [-0.1, -0.05) is 35.9 Å². The third-order valence-electron chi connectivity index (χ3n) is 5.38. The summed E-state index contributed by atoms with van der Waals surface area (Å²) in [5.74, 6) is -1.60. The number of halogens is 1. The first-order valence-corrected chi connectivity index (χ1v) is 12.3. The fourth-order valence-corrected chi connectivity index (χ4v) is 5.03. The molecule has 3 aromatic carbocycles. The Labute approximate surface area is 203 Å². The predicted molar refractivity (Wildman–Crippen MR) is 133 cm³/mol. The van der Waals surface area contributed by atoms with E-state index in [-0.39, 0.29) is 4.90 Å². The monoisotopic (exact) mass is 500 g/mol. The van der Waals surface area contributed by atoms with Gasteiger partial charge >= 0.3 is 5.97 Å². The molecule has 34 heavy (non-hydrogen) atoms. The number of nitrogens with one attached hydrogen (secondary N) is 2. The van der Waals surface area contributed by atoms with Crippen molar-refractivity contribution in [1.29, 1.82) is 0 Å². The molecule has 0 aliphatic carbocycles. The third kappa shape index (κ3) is 5.58. The number of carboxylic acid groups (broad SMARTS) is 1. The number of carboxylic acids is 1. The number of amides is 1. The quantitative estimate of drug-likeness (QED) is 0.425. The molecule has 3 aromatic rings. The summed E-state index contributed by atoms with van der Waals surface area (Å²) in [6.07, 6.45) is 0. The fourth-order valence-electron chi connectivity index (χ4n) is 3.45. The Balaban J connectivity index is 1.87. The molecule has 0 aromatic heterocycles. The molecular weight excluding hydrogens is 476 g/mol. The summed E-state index contributed by atoms with van der Waals surface area (Å²) in [5, 5.41) is 11.9. The van der Waals surface area contributed by atoms with E-state index in [2.05, 4.69) is 10.0 Å². The van der Waals surface area contributed by atoms with Crippen LogP contribution in [0.15, 0.2) is 59.5 Å². The first-order chi connectivity index (χ1) is 15.9. The molecule has 7 nitrogen and oxygen atoms in total. The number of aliphatic carboxylic acids is 1. The minimum absolute atomic E-state index is 0.154. The van der Waals surface area contributed by atoms with E-state index >= 15 is 0 Å². The van der Waals surface area contributed by atoms with E-state index < -0.39 is 27.9 Å². The van der Waals surface area contributed by atoms with Crippen molar-refractivity contribution in [2.45, 2.75) is 38.6 Å². The smallest absolute Gasteiger partial charge is 0.325 e. The maximum Gasteiger partial charge on any atom is 0.325 e. The van der Waals surface area contributed by atoms with Crippen LogP contribution in [-0.4, -0.2) is 31.4 Å².